The Morgan fingerprint density at radius 1 is 0.946 bits per heavy atom. The maximum Gasteiger partial charge on any atom is 0.166 e. The predicted octanol–water partition coefficient (Wildman–Crippen LogP) is 8.48. The molecular weight excluding hydrogens is 473 g/mol. The van der Waals surface area contributed by atoms with Crippen LogP contribution in [0.15, 0.2) is 73.3 Å². The first-order valence-corrected chi connectivity index (χ1v) is 12.9. The fourth-order valence-corrected chi connectivity index (χ4v) is 4.66. The van der Waals surface area contributed by atoms with Gasteiger partial charge in [0.15, 0.2) is 23.2 Å². The molecule has 1 atom stereocenters. The van der Waals surface area contributed by atoms with Crippen LogP contribution in [0.2, 0.25) is 0 Å². The summed E-state index contributed by atoms with van der Waals surface area (Å²) < 4.78 is 55.3. The summed E-state index contributed by atoms with van der Waals surface area (Å²) in [6.45, 7) is 6.63. The van der Waals surface area contributed by atoms with Crippen molar-refractivity contribution in [2.45, 2.75) is 51.6 Å². The van der Waals surface area contributed by atoms with Gasteiger partial charge in [-0.1, -0.05) is 54.6 Å². The predicted molar refractivity (Wildman–Crippen MR) is 143 cm³/mol. The average molecular weight is 507 g/mol. The van der Waals surface area contributed by atoms with Gasteiger partial charge in [0.2, 0.25) is 0 Å². The summed E-state index contributed by atoms with van der Waals surface area (Å²) in [4.78, 5) is 0. The maximum absolute atomic E-state index is 14.9. The minimum atomic E-state index is -0.771. The third kappa shape index (κ3) is 6.72. The first-order valence-electron chi connectivity index (χ1n) is 12.9. The maximum atomic E-state index is 14.9. The summed E-state index contributed by atoms with van der Waals surface area (Å²) in [5.41, 5.74) is 4.17. The van der Waals surface area contributed by atoms with Crippen molar-refractivity contribution in [2.75, 3.05) is 13.2 Å². The molecular formula is C32H33F3O2. The Kier molecular flexibility index (Phi) is 9.24. The molecule has 37 heavy (non-hydrogen) atoms. The molecule has 0 fully saturated rings. The van der Waals surface area contributed by atoms with Crippen LogP contribution in [0.5, 0.6) is 5.75 Å². The monoisotopic (exact) mass is 506 g/mol. The standard InChI is InChI=1S/C32H33F3O2/c1-3-5-20-37-30-19-15-26(21-29(30)33)23-9-6-22(7-10-23)8-11-25-14-18-28(32(35)31(25)34)24-12-16-27(17-13-24)36-4-2/h3,6-7,9-10,12,14-15,18-19,21,27H,1,4-5,8,11,13,16-17,20H2,2H3. The van der Waals surface area contributed by atoms with Gasteiger partial charge >= 0.3 is 0 Å². The van der Waals surface area contributed by atoms with Crippen LogP contribution in [0, 0.1) is 17.5 Å². The molecule has 1 aliphatic carbocycles. The molecule has 0 saturated heterocycles. The SMILES string of the molecule is C=CCCOc1ccc(-c2ccc(CCc3ccc(C4=CCC(OCC)CC4)c(F)c3F)cc2)cc1F. The molecule has 0 spiro atoms. The largest absolute Gasteiger partial charge is 0.490 e. The molecule has 1 aliphatic rings. The number of halogens is 3. The summed E-state index contributed by atoms with van der Waals surface area (Å²) in [5, 5.41) is 0. The first kappa shape index (κ1) is 26.7. The van der Waals surface area contributed by atoms with Crippen LogP contribution >= 0.6 is 0 Å². The van der Waals surface area contributed by atoms with Gasteiger partial charge in [-0.05, 0) is 85.4 Å². The van der Waals surface area contributed by atoms with Crippen molar-refractivity contribution in [1.29, 1.82) is 0 Å². The second-order valence-electron chi connectivity index (χ2n) is 9.25. The molecule has 5 heteroatoms. The van der Waals surface area contributed by atoms with Crippen LogP contribution in [0.1, 0.15) is 49.3 Å². The highest BCUT2D eigenvalue weighted by molar-refractivity contribution is 5.67. The highest BCUT2D eigenvalue weighted by Gasteiger charge is 2.20. The molecule has 4 rings (SSSR count). The van der Waals surface area contributed by atoms with Crippen LogP contribution in [0.25, 0.3) is 16.7 Å². The molecule has 0 saturated carbocycles. The quantitative estimate of drug-likeness (QED) is 0.192. The van der Waals surface area contributed by atoms with E-state index in [1.165, 1.54) is 6.07 Å². The number of ether oxygens (including phenoxy) is 2. The second-order valence-corrected chi connectivity index (χ2v) is 9.25. The van der Waals surface area contributed by atoms with Gasteiger partial charge in [-0.2, -0.15) is 0 Å². The van der Waals surface area contributed by atoms with Crippen molar-refractivity contribution < 1.29 is 22.6 Å². The zero-order chi connectivity index (χ0) is 26.2. The molecule has 3 aromatic carbocycles. The van der Waals surface area contributed by atoms with Gasteiger partial charge in [-0.25, -0.2) is 13.2 Å². The van der Waals surface area contributed by atoms with Crippen molar-refractivity contribution in [2.24, 2.45) is 0 Å². The van der Waals surface area contributed by atoms with E-state index in [1.54, 1.807) is 24.3 Å². The lowest BCUT2D eigenvalue weighted by Gasteiger charge is -2.22. The smallest absolute Gasteiger partial charge is 0.166 e. The Hall–Kier alpha value is -3.31. The third-order valence-corrected chi connectivity index (χ3v) is 6.76. The molecule has 0 bridgehead atoms. The van der Waals surface area contributed by atoms with E-state index in [1.807, 2.05) is 43.3 Å². The van der Waals surface area contributed by atoms with Crippen molar-refractivity contribution >= 4 is 5.57 Å². The lowest BCUT2D eigenvalue weighted by atomic mass is 9.90. The molecule has 0 aromatic heterocycles. The molecule has 0 heterocycles. The molecule has 0 aliphatic heterocycles. The summed E-state index contributed by atoms with van der Waals surface area (Å²) in [5.74, 6) is -1.73. The van der Waals surface area contributed by atoms with E-state index in [0.29, 0.717) is 50.0 Å². The summed E-state index contributed by atoms with van der Waals surface area (Å²) >= 11 is 0. The highest BCUT2D eigenvalue weighted by Crippen LogP contribution is 2.32. The van der Waals surface area contributed by atoms with Gasteiger partial charge in [-0.3, -0.25) is 0 Å². The number of rotatable bonds is 11. The van der Waals surface area contributed by atoms with Crippen molar-refractivity contribution in [3.8, 4) is 16.9 Å². The molecule has 0 amide bonds. The van der Waals surface area contributed by atoms with E-state index < -0.39 is 17.5 Å². The van der Waals surface area contributed by atoms with E-state index in [4.69, 9.17) is 9.47 Å². The number of hydrogen-bond donors (Lipinski definition) is 0. The fraction of sp³-hybridized carbons (Fsp3) is 0.312. The molecule has 2 nitrogen and oxygen atoms in total. The fourth-order valence-electron chi connectivity index (χ4n) is 4.66. The Morgan fingerprint density at radius 3 is 2.41 bits per heavy atom. The van der Waals surface area contributed by atoms with E-state index in [-0.39, 0.29) is 11.9 Å². The number of aryl methyl sites for hydroxylation is 2. The van der Waals surface area contributed by atoms with Gasteiger partial charge in [0, 0.05) is 12.2 Å². The lowest BCUT2D eigenvalue weighted by molar-refractivity contribution is 0.0579. The topological polar surface area (TPSA) is 18.5 Å². The normalized spacial score (nSPS) is 15.4. The minimum absolute atomic E-state index is 0.159. The van der Waals surface area contributed by atoms with Gasteiger partial charge in [0.1, 0.15) is 0 Å². The summed E-state index contributed by atoms with van der Waals surface area (Å²) in [6.07, 6.45) is 7.68. The zero-order valence-electron chi connectivity index (χ0n) is 21.2. The third-order valence-electron chi connectivity index (χ3n) is 6.76. The highest BCUT2D eigenvalue weighted by atomic mass is 19.2. The second kappa shape index (κ2) is 12.8. The minimum Gasteiger partial charge on any atom is -0.490 e. The Balaban J connectivity index is 1.38. The average Bonchev–Trinajstić information content (AvgIpc) is 2.92. The van der Waals surface area contributed by atoms with E-state index in [9.17, 15) is 13.2 Å². The van der Waals surface area contributed by atoms with Crippen molar-refractivity contribution in [1.82, 2.24) is 0 Å². The first-order chi connectivity index (χ1) is 18.0. The van der Waals surface area contributed by atoms with Crippen LogP contribution in [-0.4, -0.2) is 19.3 Å². The van der Waals surface area contributed by atoms with Crippen LogP contribution < -0.4 is 4.74 Å². The Labute approximate surface area is 217 Å². The van der Waals surface area contributed by atoms with Gasteiger partial charge in [0.25, 0.3) is 0 Å². The molecule has 3 aromatic rings. The Bertz CT molecular complexity index is 1250. The lowest BCUT2D eigenvalue weighted by Crippen LogP contribution is -2.16. The van der Waals surface area contributed by atoms with Crippen LogP contribution in [-0.2, 0) is 17.6 Å². The molecule has 0 radical (unpaired) electrons. The summed E-state index contributed by atoms with van der Waals surface area (Å²) in [7, 11) is 0. The van der Waals surface area contributed by atoms with Crippen LogP contribution in [0.4, 0.5) is 13.2 Å². The van der Waals surface area contributed by atoms with E-state index in [2.05, 4.69) is 6.58 Å². The van der Waals surface area contributed by atoms with Crippen molar-refractivity contribution in [3.05, 3.63) is 107 Å². The molecule has 194 valence electrons. The zero-order valence-corrected chi connectivity index (χ0v) is 21.2. The van der Waals surface area contributed by atoms with Crippen molar-refractivity contribution in [3.63, 3.8) is 0 Å². The number of hydrogen-bond acceptors (Lipinski definition) is 2. The van der Waals surface area contributed by atoms with Gasteiger partial charge in [-0.15, -0.1) is 6.58 Å². The van der Waals surface area contributed by atoms with E-state index in [0.717, 1.165) is 35.1 Å². The summed E-state index contributed by atoms with van der Waals surface area (Å²) in [6, 6.07) is 16.0. The number of allylic oxidation sites excluding steroid dienone is 1. The van der Waals surface area contributed by atoms with E-state index >= 15 is 0 Å². The number of benzene rings is 3. The van der Waals surface area contributed by atoms with Gasteiger partial charge < -0.3 is 9.47 Å². The molecule has 1 unspecified atom stereocenters. The van der Waals surface area contributed by atoms with Gasteiger partial charge in [0.05, 0.1) is 12.7 Å². The molecule has 0 N–H and O–H groups in total. The van der Waals surface area contributed by atoms with Crippen LogP contribution in [0.3, 0.4) is 0 Å². The Morgan fingerprint density at radius 2 is 1.73 bits per heavy atom.